The molecule has 0 spiro atoms. The highest BCUT2D eigenvalue weighted by molar-refractivity contribution is 8.01. The first kappa shape index (κ1) is 15.3. The lowest BCUT2D eigenvalue weighted by molar-refractivity contribution is -0.131. The van der Waals surface area contributed by atoms with Crippen LogP contribution in [-0.2, 0) is 9.59 Å². The average Bonchev–Trinajstić information content (AvgIpc) is 3.09. The van der Waals surface area contributed by atoms with E-state index in [1.165, 1.54) is 11.8 Å². The molecule has 3 aliphatic heterocycles. The van der Waals surface area contributed by atoms with Crippen LogP contribution >= 0.6 is 23.4 Å². The van der Waals surface area contributed by atoms with Crippen molar-refractivity contribution in [3.05, 3.63) is 23.2 Å². The zero-order valence-corrected chi connectivity index (χ0v) is 14.1. The predicted molar refractivity (Wildman–Crippen MR) is 90.8 cm³/mol. The van der Waals surface area contributed by atoms with Crippen molar-refractivity contribution in [2.45, 2.75) is 16.6 Å². The molecule has 0 saturated carbocycles. The molecule has 3 atom stereocenters. The largest absolute Gasteiger partial charge is 0.342 e. The number of likely N-dealkylation sites (tertiary alicyclic amines) is 1. The fourth-order valence-electron chi connectivity index (χ4n) is 3.60. The smallest absolute Gasteiger partial charge is 0.238 e. The van der Waals surface area contributed by atoms with Crippen molar-refractivity contribution in [1.29, 1.82) is 0 Å². The summed E-state index contributed by atoms with van der Waals surface area (Å²) in [4.78, 5) is 27.7. The molecule has 0 aromatic heterocycles. The summed E-state index contributed by atoms with van der Waals surface area (Å²) in [5.41, 5.74) is 0.734. The molecule has 5 nitrogen and oxygen atoms in total. The van der Waals surface area contributed by atoms with Crippen LogP contribution in [0.2, 0.25) is 5.02 Å². The van der Waals surface area contributed by atoms with E-state index in [9.17, 15) is 9.59 Å². The van der Waals surface area contributed by atoms with E-state index in [1.807, 2.05) is 11.0 Å². The molecule has 122 valence electrons. The number of carbonyl (C=O) groups excluding carboxylic acids is 2. The molecular weight excluding hydrogens is 334 g/mol. The fraction of sp³-hybridized carbons (Fsp3) is 0.500. The first-order valence-electron chi connectivity index (χ1n) is 7.86. The Kier molecular flexibility index (Phi) is 3.99. The highest BCUT2D eigenvalue weighted by Crippen LogP contribution is 2.38. The van der Waals surface area contributed by atoms with E-state index in [0.29, 0.717) is 16.9 Å². The average molecular weight is 352 g/mol. The van der Waals surface area contributed by atoms with E-state index in [4.69, 9.17) is 11.6 Å². The maximum atomic E-state index is 12.5. The zero-order chi connectivity index (χ0) is 16.0. The first-order chi connectivity index (χ1) is 11.1. The highest BCUT2D eigenvalue weighted by Gasteiger charge is 2.39. The number of nitrogens with zero attached hydrogens (tertiary/aromatic N) is 1. The van der Waals surface area contributed by atoms with Crippen LogP contribution in [-0.4, -0.2) is 48.1 Å². The number of carbonyl (C=O) groups is 2. The molecule has 7 heteroatoms. The van der Waals surface area contributed by atoms with Crippen LogP contribution in [0.4, 0.5) is 5.69 Å². The van der Waals surface area contributed by atoms with Crippen molar-refractivity contribution in [2.24, 2.45) is 11.8 Å². The molecule has 2 amide bonds. The molecule has 2 N–H and O–H groups in total. The number of nitrogens with one attached hydrogen (secondary N) is 2. The molecule has 1 aromatic rings. The summed E-state index contributed by atoms with van der Waals surface area (Å²) < 4.78 is 0. The molecule has 1 aromatic carbocycles. The second-order valence-corrected chi connectivity index (χ2v) is 8.10. The fourth-order valence-corrected chi connectivity index (χ4v) is 4.86. The van der Waals surface area contributed by atoms with Crippen molar-refractivity contribution >= 4 is 40.9 Å². The third-order valence-electron chi connectivity index (χ3n) is 4.86. The van der Waals surface area contributed by atoms with Crippen molar-refractivity contribution < 1.29 is 9.59 Å². The van der Waals surface area contributed by atoms with Crippen LogP contribution in [0.1, 0.15) is 6.42 Å². The number of anilines is 1. The Morgan fingerprint density at radius 3 is 2.78 bits per heavy atom. The first-order valence-corrected chi connectivity index (χ1v) is 9.11. The zero-order valence-electron chi connectivity index (χ0n) is 12.5. The number of hydrogen-bond acceptors (Lipinski definition) is 4. The van der Waals surface area contributed by atoms with Gasteiger partial charge in [-0.25, -0.2) is 0 Å². The molecule has 1 unspecified atom stereocenters. The lowest BCUT2D eigenvalue weighted by Crippen LogP contribution is -2.37. The van der Waals surface area contributed by atoms with Crippen LogP contribution in [0, 0.1) is 11.8 Å². The van der Waals surface area contributed by atoms with Gasteiger partial charge < -0.3 is 15.5 Å². The summed E-state index contributed by atoms with van der Waals surface area (Å²) in [5.74, 6) is 1.13. The topological polar surface area (TPSA) is 61.4 Å². The minimum atomic E-state index is -0.366. The van der Waals surface area contributed by atoms with Gasteiger partial charge in [0.15, 0.2) is 0 Å². The molecule has 3 aliphatic rings. The number of hydrogen-bond donors (Lipinski definition) is 2. The summed E-state index contributed by atoms with van der Waals surface area (Å²) >= 11 is 7.40. The third-order valence-corrected chi connectivity index (χ3v) is 6.37. The van der Waals surface area contributed by atoms with Gasteiger partial charge in [0, 0.05) is 42.5 Å². The number of halogens is 1. The Morgan fingerprint density at radius 2 is 2.04 bits per heavy atom. The lowest BCUT2D eigenvalue weighted by Gasteiger charge is -2.26. The maximum Gasteiger partial charge on any atom is 0.238 e. The van der Waals surface area contributed by atoms with E-state index < -0.39 is 0 Å². The number of fused-ring (bicyclic) bond motifs is 2. The molecule has 2 fully saturated rings. The molecule has 0 bridgehead atoms. The van der Waals surface area contributed by atoms with Gasteiger partial charge in [0.05, 0.1) is 10.9 Å². The predicted octanol–water partition coefficient (Wildman–Crippen LogP) is 1.82. The Labute approximate surface area is 144 Å². The molecule has 23 heavy (non-hydrogen) atoms. The standard InChI is InChI=1S/C16H18ClN3O2S/c17-11-1-2-13-12(3-11)19-16(22)14(23-13)4-15(21)20-7-9-5-18-6-10(9)8-20/h1-3,9-10,14,18H,4-8H2,(H,19,22)/t9-,10+,14?. The number of rotatable bonds is 2. The Bertz CT molecular complexity index is 657. The minimum Gasteiger partial charge on any atom is -0.342 e. The van der Waals surface area contributed by atoms with Crippen LogP contribution in [0.5, 0.6) is 0 Å². The van der Waals surface area contributed by atoms with E-state index in [0.717, 1.165) is 36.8 Å². The highest BCUT2D eigenvalue weighted by atomic mass is 35.5. The van der Waals surface area contributed by atoms with Gasteiger partial charge in [-0.15, -0.1) is 11.8 Å². The quantitative estimate of drug-likeness (QED) is 0.853. The van der Waals surface area contributed by atoms with Gasteiger partial charge in [-0.3, -0.25) is 9.59 Å². The van der Waals surface area contributed by atoms with Gasteiger partial charge in [0.2, 0.25) is 11.8 Å². The number of thioether (sulfide) groups is 1. The van der Waals surface area contributed by atoms with Gasteiger partial charge in [0.25, 0.3) is 0 Å². The third kappa shape index (κ3) is 2.95. The van der Waals surface area contributed by atoms with Crippen molar-refractivity contribution in [3.8, 4) is 0 Å². The van der Waals surface area contributed by atoms with Gasteiger partial charge in [-0.1, -0.05) is 11.6 Å². The molecular formula is C16H18ClN3O2S. The van der Waals surface area contributed by atoms with Gasteiger partial charge in [0.1, 0.15) is 0 Å². The van der Waals surface area contributed by atoms with E-state index in [2.05, 4.69) is 10.6 Å². The van der Waals surface area contributed by atoms with Crippen LogP contribution in [0.3, 0.4) is 0 Å². The van der Waals surface area contributed by atoms with E-state index in [-0.39, 0.29) is 23.5 Å². The van der Waals surface area contributed by atoms with Crippen molar-refractivity contribution in [2.75, 3.05) is 31.5 Å². The number of benzene rings is 1. The minimum absolute atomic E-state index is 0.0875. The van der Waals surface area contributed by atoms with Crippen molar-refractivity contribution in [1.82, 2.24) is 10.2 Å². The second-order valence-electron chi connectivity index (χ2n) is 6.42. The summed E-state index contributed by atoms with van der Waals surface area (Å²) in [5, 5.41) is 6.46. The molecule has 0 radical (unpaired) electrons. The monoisotopic (exact) mass is 351 g/mol. The van der Waals surface area contributed by atoms with Crippen LogP contribution < -0.4 is 10.6 Å². The summed E-state index contributed by atoms with van der Waals surface area (Å²) in [7, 11) is 0. The van der Waals surface area contributed by atoms with Crippen LogP contribution in [0.25, 0.3) is 0 Å². The SMILES string of the molecule is O=C1Nc2cc(Cl)ccc2SC1CC(=O)N1C[C@H]2CNC[C@H]2C1. The molecule has 2 saturated heterocycles. The summed E-state index contributed by atoms with van der Waals surface area (Å²) in [6.07, 6.45) is 0.255. The Hall–Kier alpha value is -1.24. The Balaban J connectivity index is 1.42. The normalized spacial score (nSPS) is 29.2. The van der Waals surface area contributed by atoms with Crippen LogP contribution in [0.15, 0.2) is 23.1 Å². The van der Waals surface area contributed by atoms with E-state index in [1.54, 1.807) is 12.1 Å². The van der Waals surface area contributed by atoms with Gasteiger partial charge in [-0.05, 0) is 30.0 Å². The molecule has 3 heterocycles. The van der Waals surface area contributed by atoms with Crippen molar-refractivity contribution in [3.63, 3.8) is 0 Å². The molecule has 4 rings (SSSR count). The summed E-state index contributed by atoms with van der Waals surface area (Å²) in [6.45, 7) is 3.64. The maximum absolute atomic E-state index is 12.5. The second kappa shape index (κ2) is 6.00. The Morgan fingerprint density at radius 1 is 1.30 bits per heavy atom. The van der Waals surface area contributed by atoms with Gasteiger partial charge >= 0.3 is 0 Å². The van der Waals surface area contributed by atoms with Gasteiger partial charge in [-0.2, -0.15) is 0 Å². The van der Waals surface area contributed by atoms with E-state index >= 15 is 0 Å². The number of amides is 2. The lowest BCUT2D eigenvalue weighted by atomic mass is 10.0. The molecule has 0 aliphatic carbocycles. The summed E-state index contributed by atoms with van der Waals surface area (Å²) in [6, 6.07) is 5.44.